The predicted molar refractivity (Wildman–Crippen MR) is 87.0 cm³/mol. The SMILES string of the molecule is Cc1ccc(S(=O)(=O)Nc2c(Cl)cccc2Cl)cc1C(N)=O. The summed E-state index contributed by atoms with van der Waals surface area (Å²) in [5.74, 6) is -0.703. The molecule has 2 aromatic rings. The van der Waals surface area contributed by atoms with Crippen LogP contribution in [0.2, 0.25) is 10.0 Å². The van der Waals surface area contributed by atoms with E-state index < -0.39 is 15.9 Å². The van der Waals surface area contributed by atoms with Crippen LogP contribution in [0.1, 0.15) is 15.9 Å². The van der Waals surface area contributed by atoms with Gasteiger partial charge in [-0.15, -0.1) is 0 Å². The maximum absolute atomic E-state index is 12.4. The minimum atomic E-state index is -3.96. The molecule has 0 radical (unpaired) electrons. The van der Waals surface area contributed by atoms with E-state index in [9.17, 15) is 13.2 Å². The number of amides is 1. The number of hydrogen-bond acceptors (Lipinski definition) is 3. The van der Waals surface area contributed by atoms with Crippen LogP contribution in [0.15, 0.2) is 41.3 Å². The van der Waals surface area contributed by atoms with E-state index in [1.165, 1.54) is 30.3 Å². The summed E-state index contributed by atoms with van der Waals surface area (Å²) in [4.78, 5) is 11.2. The van der Waals surface area contributed by atoms with Gasteiger partial charge in [0, 0.05) is 5.56 Å². The highest BCUT2D eigenvalue weighted by Crippen LogP contribution is 2.32. The van der Waals surface area contributed by atoms with Gasteiger partial charge >= 0.3 is 0 Å². The summed E-state index contributed by atoms with van der Waals surface area (Å²) in [5.41, 5.74) is 6.03. The van der Waals surface area contributed by atoms with Crippen molar-refractivity contribution >= 4 is 44.8 Å². The van der Waals surface area contributed by atoms with Crippen LogP contribution in [0.25, 0.3) is 0 Å². The quantitative estimate of drug-likeness (QED) is 0.879. The third kappa shape index (κ3) is 3.35. The third-order valence-electron chi connectivity index (χ3n) is 2.98. The average molecular weight is 359 g/mol. The fourth-order valence-corrected chi connectivity index (χ4v) is 3.55. The fourth-order valence-electron chi connectivity index (χ4n) is 1.82. The Balaban J connectivity index is 2.48. The number of rotatable bonds is 4. The monoisotopic (exact) mass is 358 g/mol. The largest absolute Gasteiger partial charge is 0.366 e. The van der Waals surface area contributed by atoms with Gasteiger partial charge in [-0.2, -0.15) is 0 Å². The standard InChI is InChI=1S/C14H12Cl2N2O3S/c1-8-5-6-9(7-10(8)14(17)19)22(20,21)18-13-11(15)3-2-4-12(13)16/h2-7,18H,1H3,(H2,17,19). The number of nitrogens with one attached hydrogen (secondary N) is 1. The molecule has 0 aliphatic heterocycles. The van der Waals surface area contributed by atoms with Gasteiger partial charge in [0.05, 0.1) is 20.6 Å². The lowest BCUT2D eigenvalue weighted by Crippen LogP contribution is -2.17. The lowest BCUT2D eigenvalue weighted by Gasteiger charge is -2.12. The molecule has 5 nitrogen and oxygen atoms in total. The Hall–Kier alpha value is -1.76. The first-order valence-electron chi connectivity index (χ1n) is 6.09. The highest BCUT2D eigenvalue weighted by Gasteiger charge is 2.19. The normalized spacial score (nSPS) is 11.2. The van der Waals surface area contributed by atoms with Crippen molar-refractivity contribution < 1.29 is 13.2 Å². The first kappa shape index (κ1) is 16.6. The van der Waals surface area contributed by atoms with E-state index in [0.717, 1.165) is 0 Å². The summed E-state index contributed by atoms with van der Waals surface area (Å²) >= 11 is 11.9. The molecule has 0 atom stereocenters. The number of halogens is 2. The van der Waals surface area contributed by atoms with Crippen molar-refractivity contribution in [3.63, 3.8) is 0 Å². The summed E-state index contributed by atoms with van der Waals surface area (Å²) < 4.78 is 27.1. The predicted octanol–water partition coefficient (Wildman–Crippen LogP) is 3.20. The van der Waals surface area contributed by atoms with Crippen molar-refractivity contribution in [2.75, 3.05) is 4.72 Å². The first-order valence-corrected chi connectivity index (χ1v) is 8.33. The van der Waals surface area contributed by atoms with Crippen LogP contribution >= 0.6 is 23.2 Å². The second-order valence-corrected chi connectivity index (χ2v) is 7.04. The topological polar surface area (TPSA) is 89.3 Å². The van der Waals surface area contributed by atoms with Gasteiger partial charge in [-0.25, -0.2) is 8.42 Å². The zero-order chi connectivity index (χ0) is 16.5. The third-order valence-corrected chi connectivity index (χ3v) is 4.96. The summed E-state index contributed by atoms with van der Waals surface area (Å²) in [6.07, 6.45) is 0. The van der Waals surface area contributed by atoms with Crippen LogP contribution in [0, 0.1) is 6.92 Å². The summed E-state index contributed by atoms with van der Waals surface area (Å²) in [6.45, 7) is 1.66. The molecular weight excluding hydrogens is 347 g/mol. The van der Waals surface area contributed by atoms with Crippen molar-refractivity contribution in [2.24, 2.45) is 5.73 Å². The lowest BCUT2D eigenvalue weighted by molar-refractivity contribution is 0.0999. The summed E-state index contributed by atoms with van der Waals surface area (Å²) in [6, 6.07) is 8.70. The van der Waals surface area contributed by atoms with Crippen molar-refractivity contribution in [2.45, 2.75) is 11.8 Å². The highest BCUT2D eigenvalue weighted by atomic mass is 35.5. The Morgan fingerprint density at radius 1 is 1.14 bits per heavy atom. The molecule has 0 saturated heterocycles. The minimum absolute atomic E-state index is 0.0760. The smallest absolute Gasteiger partial charge is 0.262 e. The molecule has 0 bridgehead atoms. The maximum atomic E-state index is 12.4. The molecule has 116 valence electrons. The molecule has 3 N–H and O–H groups in total. The van der Waals surface area contributed by atoms with E-state index in [-0.39, 0.29) is 26.2 Å². The molecule has 0 heterocycles. The highest BCUT2D eigenvalue weighted by molar-refractivity contribution is 7.92. The Morgan fingerprint density at radius 3 is 2.27 bits per heavy atom. The Bertz CT molecular complexity index is 831. The molecule has 0 fully saturated rings. The van der Waals surface area contributed by atoms with Gasteiger partial charge in [0.1, 0.15) is 0 Å². The second kappa shape index (κ2) is 6.16. The van der Waals surface area contributed by atoms with Crippen molar-refractivity contribution in [3.8, 4) is 0 Å². The van der Waals surface area contributed by atoms with E-state index in [1.807, 2.05) is 0 Å². The molecule has 0 unspecified atom stereocenters. The fraction of sp³-hybridized carbons (Fsp3) is 0.0714. The van der Waals surface area contributed by atoms with Gasteiger partial charge in [0.15, 0.2) is 0 Å². The van der Waals surface area contributed by atoms with Crippen LogP contribution in [-0.4, -0.2) is 14.3 Å². The molecule has 2 rings (SSSR count). The number of primary amides is 1. The van der Waals surface area contributed by atoms with Crippen LogP contribution < -0.4 is 10.5 Å². The molecular formula is C14H12Cl2N2O3S. The molecule has 0 saturated carbocycles. The van der Waals surface area contributed by atoms with Crippen LogP contribution in [0.5, 0.6) is 0 Å². The number of carbonyl (C=O) groups excluding carboxylic acids is 1. The number of para-hydroxylation sites is 1. The Labute approximate surface area is 138 Å². The van der Waals surface area contributed by atoms with Crippen molar-refractivity contribution in [3.05, 3.63) is 57.6 Å². The molecule has 2 aromatic carbocycles. The van der Waals surface area contributed by atoms with E-state index in [2.05, 4.69) is 4.72 Å². The number of sulfonamides is 1. The maximum Gasteiger partial charge on any atom is 0.262 e. The van der Waals surface area contributed by atoms with E-state index in [1.54, 1.807) is 13.0 Å². The Morgan fingerprint density at radius 2 is 1.73 bits per heavy atom. The zero-order valence-electron chi connectivity index (χ0n) is 11.4. The van der Waals surface area contributed by atoms with Crippen molar-refractivity contribution in [1.29, 1.82) is 0 Å². The number of hydrogen-bond donors (Lipinski definition) is 2. The second-order valence-electron chi connectivity index (χ2n) is 4.54. The zero-order valence-corrected chi connectivity index (χ0v) is 13.8. The van der Waals surface area contributed by atoms with Gasteiger partial charge in [-0.3, -0.25) is 9.52 Å². The summed E-state index contributed by atoms with van der Waals surface area (Å²) in [5, 5.41) is 0.330. The van der Waals surface area contributed by atoms with Gasteiger partial charge in [-0.05, 0) is 36.8 Å². The van der Waals surface area contributed by atoms with Crippen molar-refractivity contribution in [1.82, 2.24) is 0 Å². The molecule has 8 heteroatoms. The molecule has 0 spiro atoms. The van der Waals surface area contributed by atoms with Crippen LogP contribution in [0.3, 0.4) is 0 Å². The molecule has 0 aliphatic carbocycles. The molecule has 0 aliphatic rings. The van der Waals surface area contributed by atoms with Gasteiger partial charge < -0.3 is 5.73 Å². The van der Waals surface area contributed by atoms with Crippen LogP contribution in [0.4, 0.5) is 5.69 Å². The summed E-state index contributed by atoms with van der Waals surface area (Å²) in [7, 11) is -3.96. The van der Waals surface area contributed by atoms with Gasteiger partial charge in [0.2, 0.25) is 5.91 Å². The molecule has 22 heavy (non-hydrogen) atoms. The number of aryl methyl sites for hydroxylation is 1. The number of carbonyl (C=O) groups is 1. The lowest BCUT2D eigenvalue weighted by atomic mass is 10.1. The number of anilines is 1. The van der Waals surface area contributed by atoms with Gasteiger partial charge in [0.25, 0.3) is 10.0 Å². The molecule has 0 aromatic heterocycles. The van der Waals surface area contributed by atoms with E-state index in [4.69, 9.17) is 28.9 Å². The Kier molecular flexibility index (Phi) is 4.65. The van der Waals surface area contributed by atoms with E-state index >= 15 is 0 Å². The van der Waals surface area contributed by atoms with Crippen LogP contribution in [-0.2, 0) is 10.0 Å². The van der Waals surface area contributed by atoms with Gasteiger partial charge in [-0.1, -0.05) is 35.3 Å². The number of nitrogens with two attached hydrogens (primary N) is 1. The number of benzene rings is 2. The first-order chi connectivity index (χ1) is 10.2. The minimum Gasteiger partial charge on any atom is -0.366 e. The molecule has 1 amide bonds. The van der Waals surface area contributed by atoms with E-state index in [0.29, 0.717) is 5.56 Å². The average Bonchev–Trinajstić information content (AvgIpc) is 2.43.